The van der Waals surface area contributed by atoms with Gasteiger partial charge in [0.25, 0.3) is 0 Å². The largest absolute Gasteiger partial charge is 0.481 e. The first-order chi connectivity index (χ1) is 6.93. The fourth-order valence-corrected chi connectivity index (χ4v) is 0.883. The van der Waals surface area contributed by atoms with E-state index in [0.717, 1.165) is 0 Å². The van der Waals surface area contributed by atoms with Crippen molar-refractivity contribution in [2.45, 2.75) is 25.8 Å². The molecule has 3 amide bonds. The first-order valence-electron chi connectivity index (χ1n) is 4.49. The summed E-state index contributed by atoms with van der Waals surface area (Å²) in [5, 5.41) is 13.0. The van der Waals surface area contributed by atoms with Gasteiger partial charge in [0.05, 0.1) is 0 Å². The lowest BCUT2D eigenvalue weighted by Gasteiger charge is -2.11. The number of nitrogens with two attached hydrogens (primary N) is 1. The summed E-state index contributed by atoms with van der Waals surface area (Å²) in [6.07, 6.45) is 0.349. The van der Waals surface area contributed by atoms with Crippen LogP contribution in [0.3, 0.4) is 0 Å². The van der Waals surface area contributed by atoms with Crippen molar-refractivity contribution in [3.63, 3.8) is 0 Å². The van der Waals surface area contributed by atoms with Crippen molar-refractivity contribution < 1.29 is 19.5 Å². The highest BCUT2D eigenvalue weighted by molar-refractivity contribution is 5.86. The van der Waals surface area contributed by atoms with E-state index in [1.807, 2.05) is 0 Å². The first-order valence-corrected chi connectivity index (χ1v) is 4.49. The molecule has 0 aromatic carbocycles. The summed E-state index contributed by atoms with van der Waals surface area (Å²) < 4.78 is 0. The average Bonchev–Trinajstić information content (AvgIpc) is 2.10. The zero-order valence-corrected chi connectivity index (χ0v) is 8.45. The number of nitrogens with one attached hydrogen (secondary N) is 2. The quantitative estimate of drug-likeness (QED) is 0.427. The van der Waals surface area contributed by atoms with Gasteiger partial charge in [0.2, 0.25) is 5.91 Å². The number of primary amides is 1. The lowest BCUT2D eigenvalue weighted by atomic mass is 10.3. The third kappa shape index (κ3) is 7.29. The van der Waals surface area contributed by atoms with E-state index in [-0.39, 0.29) is 18.9 Å². The second kappa shape index (κ2) is 6.63. The maximum atomic E-state index is 11.2. The van der Waals surface area contributed by atoms with Gasteiger partial charge in [-0.15, -0.1) is 0 Å². The van der Waals surface area contributed by atoms with Crippen LogP contribution in [0, 0.1) is 0 Å². The predicted molar refractivity (Wildman–Crippen MR) is 52.1 cm³/mol. The Morgan fingerprint density at radius 1 is 1.40 bits per heavy atom. The fraction of sp³-hybridized carbons (Fsp3) is 0.625. The van der Waals surface area contributed by atoms with E-state index in [0.29, 0.717) is 6.42 Å². The number of carbonyl (C=O) groups is 3. The highest BCUT2D eigenvalue weighted by Gasteiger charge is 2.12. The van der Waals surface area contributed by atoms with Crippen molar-refractivity contribution >= 4 is 17.9 Å². The van der Waals surface area contributed by atoms with Crippen molar-refractivity contribution in [3.8, 4) is 0 Å². The van der Waals surface area contributed by atoms with Crippen LogP contribution in [0.15, 0.2) is 0 Å². The highest BCUT2D eigenvalue weighted by Crippen LogP contribution is 1.87. The summed E-state index contributed by atoms with van der Waals surface area (Å²) in [6, 6.07) is -1.49. The van der Waals surface area contributed by atoms with Crippen LogP contribution in [0.25, 0.3) is 0 Å². The van der Waals surface area contributed by atoms with E-state index in [4.69, 9.17) is 10.8 Å². The Balaban J connectivity index is 3.64. The monoisotopic (exact) mass is 217 g/mol. The smallest absolute Gasteiger partial charge is 0.312 e. The maximum Gasteiger partial charge on any atom is 0.312 e. The molecule has 0 heterocycles. The molecule has 0 radical (unpaired) electrons. The van der Waals surface area contributed by atoms with Crippen molar-refractivity contribution in [1.82, 2.24) is 10.6 Å². The SMILES string of the molecule is CC(NC(N)=O)C(=O)NCCCC(=O)O. The number of carbonyl (C=O) groups excluding carboxylic acids is 2. The topological polar surface area (TPSA) is 122 Å². The molecular weight excluding hydrogens is 202 g/mol. The number of aliphatic carboxylic acids is 1. The number of carboxylic acid groups (broad SMARTS) is 1. The van der Waals surface area contributed by atoms with Gasteiger partial charge in [0, 0.05) is 13.0 Å². The molecule has 86 valence electrons. The molecule has 5 N–H and O–H groups in total. The first kappa shape index (κ1) is 13.2. The number of urea groups is 1. The Bertz CT molecular complexity index is 254. The Kier molecular flexibility index (Phi) is 5.84. The van der Waals surface area contributed by atoms with Gasteiger partial charge in [-0.25, -0.2) is 4.79 Å². The molecule has 0 aliphatic heterocycles. The molecule has 7 nitrogen and oxygen atoms in total. The minimum atomic E-state index is -0.910. The van der Waals surface area contributed by atoms with Gasteiger partial charge in [-0.2, -0.15) is 0 Å². The van der Waals surface area contributed by atoms with Gasteiger partial charge >= 0.3 is 12.0 Å². The average molecular weight is 217 g/mol. The van der Waals surface area contributed by atoms with Crippen LogP contribution in [-0.4, -0.2) is 35.6 Å². The minimum Gasteiger partial charge on any atom is -0.481 e. The van der Waals surface area contributed by atoms with Crippen molar-refractivity contribution in [1.29, 1.82) is 0 Å². The highest BCUT2D eigenvalue weighted by atomic mass is 16.4. The summed E-state index contributed by atoms with van der Waals surface area (Å²) in [5.74, 6) is -1.30. The van der Waals surface area contributed by atoms with Crippen LogP contribution in [-0.2, 0) is 9.59 Å². The minimum absolute atomic E-state index is 0.00207. The van der Waals surface area contributed by atoms with Crippen LogP contribution >= 0.6 is 0 Å². The van der Waals surface area contributed by atoms with Gasteiger partial charge in [0.15, 0.2) is 0 Å². The van der Waals surface area contributed by atoms with Gasteiger partial charge < -0.3 is 21.5 Å². The third-order valence-corrected chi connectivity index (χ3v) is 1.62. The number of hydrogen-bond donors (Lipinski definition) is 4. The van der Waals surface area contributed by atoms with Crippen LogP contribution in [0.4, 0.5) is 4.79 Å². The molecule has 0 saturated carbocycles. The Morgan fingerprint density at radius 3 is 2.47 bits per heavy atom. The van der Waals surface area contributed by atoms with Crippen molar-refractivity contribution in [2.24, 2.45) is 5.73 Å². The number of amides is 3. The fourth-order valence-electron chi connectivity index (χ4n) is 0.883. The number of rotatable bonds is 6. The summed E-state index contributed by atoms with van der Waals surface area (Å²) >= 11 is 0. The van der Waals surface area contributed by atoms with Crippen LogP contribution in [0.1, 0.15) is 19.8 Å². The molecule has 0 spiro atoms. The zero-order valence-electron chi connectivity index (χ0n) is 8.45. The Labute approximate surface area is 87.0 Å². The molecule has 0 aromatic rings. The summed E-state index contributed by atoms with van der Waals surface area (Å²) in [5.41, 5.74) is 4.82. The van der Waals surface area contributed by atoms with Gasteiger partial charge in [-0.05, 0) is 13.3 Å². The van der Waals surface area contributed by atoms with E-state index in [2.05, 4.69) is 10.6 Å². The summed E-state index contributed by atoms with van der Waals surface area (Å²) in [6.45, 7) is 1.74. The molecule has 15 heavy (non-hydrogen) atoms. The van der Waals surface area contributed by atoms with E-state index < -0.39 is 18.0 Å². The zero-order chi connectivity index (χ0) is 11.8. The maximum absolute atomic E-state index is 11.2. The second-order valence-corrected chi connectivity index (χ2v) is 3.02. The van der Waals surface area contributed by atoms with E-state index in [1.54, 1.807) is 0 Å². The standard InChI is InChI=1S/C8H15N3O4/c1-5(11-8(9)15)7(14)10-4-2-3-6(12)13/h5H,2-4H2,1H3,(H,10,14)(H,12,13)(H3,9,11,15). The van der Waals surface area contributed by atoms with Gasteiger partial charge in [-0.3, -0.25) is 9.59 Å². The van der Waals surface area contributed by atoms with E-state index in [1.165, 1.54) is 6.92 Å². The molecule has 1 atom stereocenters. The number of carboxylic acids is 1. The molecule has 0 aliphatic rings. The molecule has 1 unspecified atom stereocenters. The second-order valence-electron chi connectivity index (χ2n) is 3.02. The van der Waals surface area contributed by atoms with Gasteiger partial charge in [-0.1, -0.05) is 0 Å². The van der Waals surface area contributed by atoms with E-state index in [9.17, 15) is 14.4 Å². The molecule has 0 aromatic heterocycles. The molecule has 0 aliphatic carbocycles. The molecule has 7 heteroatoms. The van der Waals surface area contributed by atoms with Crippen molar-refractivity contribution in [2.75, 3.05) is 6.54 Å². The predicted octanol–water partition coefficient (Wildman–Crippen LogP) is -0.976. The lowest BCUT2D eigenvalue weighted by Crippen LogP contribution is -2.46. The molecular formula is C8H15N3O4. The Hall–Kier alpha value is -1.79. The molecule has 0 rings (SSSR count). The van der Waals surface area contributed by atoms with E-state index >= 15 is 0 Å². The number of hydrogen-bond acceptors (Lipinski definition) is 3. The molecule has 0 fully saturated rings. The van der Waals surface area contributed by atoms with Crippen molar-refractivity contribution in [3.05, 3.63) is 0 Å². The van der Waals surface area contributed by atoms with Gasteiger partial charge in [0.1, 0.15) is 6.04 Å². The Morgan fingerprint density at radius 2 is 2.00 bits per heavy atom. The van der Waals surface area contributed by atoms with Crippen LogP contribution in [0.2, 0.25) is 0 Å². The summed E-state index contributed by atoms with van der Waals surface area (Å²) in [4.78, 5) is 31.7. The lowest BCUT2D eigenvalue weighted by molar-refractivity contribution is -0.137. The van der Waals surface area contributed by atoms with Crippen LogP contribution < -0.4 is 16.4 Å². The summed E-state index contributed by atoms with van der Waals surface area (Å²) in [7, 11) is 0. The molecule has 0 bridgehead atoms. The van der Waals surface area contributed by atoms with Crippen LogP contribution in [0.5, 0.6) is 0 Å². The molecule has 0 saturated heterocycles. The normalized spacial score (nSPS) is 11.5. The third-order valence-electron chi connectivity index (χ3n) is 1.62.